The summed E-state index contributed by atoms with van der Waals surface area (Å²) in [5.41, 5.74) is 3.46. The zero-order valence-corrected chi connectivity index (χ0v) is 18.7. The van der Waals surface area contributed by atoms with E-state index in [1.807, 2.05) is 36.4 Å². The third-order valence-corrected chi connectivity index (χ3v) is 6.21. The summed E-state index contributed by atoms with van der Waals surface area (Å²) in [6.45, 7) is 0.466. The third kappa shape index (κ3) is 4.26. The van der Waals surface area contributed by atoms with E-state index < -0.39 is 0 Å². The van der Waals surface area contributed by atoms with Crippen LogP contribution in [-0.2, 0) is 4.74 Å². The Morgan fingerprint density at radius 3 is 2.44 bits per heavy atom. The normalized spacial score (nSPS) is 18.0. The highest BCUT2D eigenvalue weighted by Crippen LogP contribution is 2.39. The lowest BCUT2D eigenvalue weighted by Crippen LogP contribution is -2.41. The van der Waals surface area contributed by atoms with Gasteiger partial charge in [-0.1, -0.05) is 30.3 Å². The number of amides is 1. The maximum atomic E-state index is 13.5. The summed E-state index contributed by atoms with van der Waals surface area (Å²) in [5.74, 6) is 0.132. The van der Waals surface area contributed by atoms with Gasteiger partial charge in [0.05, 0.1) is 24.5 Å². The highest BCUT2D eigenvalue weighted by atomic mass is 19.1. The van der Waals surface area contributed by atoms with Gasteiger partial charge >= 0.3 is 6.09 Å². The van der Waals surface area contributed by atoms with Crippen molar-refractivity contribution >= 4 is 6.09 Å². The van der Waals surface area contributed by atoms with Crippen molar-refractivity contribution in [2.24, 2.45) is 0 Å². The molecule has 0 bridgehead atoms. The molecule has 1 aliphatic heterocycles. The fourth-order valence-electron chi connectivity index (χ4n) is 4.56. The number of carbonyl (C=O) groups excluding carboxylic acids is 1. The lowest BCUT2D eigenvalue weighted by atomic mass is 9.87. The predicted octanol–water partition coefficient (Wildman–Crippen LogP) is 5.16. The van der Waals surface area contributed by atoms with Gasteiger partial charge in [-0.05, 0) is 54.8 Å². The Hall–Kier alpha value is -4.07. The van der Waals surface area contributed by atoms with Gasteiger partial charge in [0.25, 0.3) is 5.95 Å². The summed E-state index contributed by atoms with van der Waals surface area (Å²) >= 11 is 0. The summed E-state index contributed by atoms with van der Waals surface area (Å²) < 4.78 is 20.3. The molecule has 1 amide bonds. The van der Waals surface area contributed by atoms with Gasteiger partial charge < -0.3 is 9.64 Å². The molecule has 2 atom stereocenters. The molecular weight excluding hydrogens is 433 g/mol. The van der Waals surface area contributed by atoms with Crippen molar-refractivity contribution in [2.45, 2.75) is 24.8 Å². The highest BCUT2D eigenvalue weighted by Gasteiger charge is 2.35. The number of likely N-dealkylation sites (tertiary alicyclic amines) is 1. The second-order valence-electron chi connectivity index (χ2n) is 8.25. The lowest BCUT2D eigenvalue weighted by Gasteiger charge is -2.39. The zero-order valence-electron chi connectivity index (χ0n) is 18.7. The average molecular weight is 458 g/mol. The molecule has 1 aliphatic rings. The molecule has 2 aromatic heterocycles. The number of benzene rings is 2. The maximum Gasteiger partial charge on any atom is 0.410 e. The number of halogens is 1. The first-order valence-electron chi connectivity index (χ1n) is 11.2. The number of aromatic nitrogens is 4. The number of hydrogen-bond donors (Lipinski definition) is 0. The number of rotatable bonds is 4. The quantitative estimate of drug-likeness (QED) is 0.424. The number of nitrogens with zero attached hydrogens (tertiary/aromatic N) is 5. The number of methoxy groups -OCH3 is 1. The summed E-state index contributed by atoms with van der Waals surface area (Å²) in [6, 6.07) is 19.9. The van der Waals surface area contributed by atoms with Crippen molar-refractivity contribution in [1.82, 2.24) is 24.6 Å². The van der Waals surface area contributed by atoms with Gasteiger partial charge in [0.1, 0.15) is 5.82 Å². The molecule has 34 heavy (non-hydrogen) atoms. The van der Waals surface area contributed by atoms with Crippen molar-refractivity contribution < 1.29 is 13.9 Å². The van der Waals surface area contributed by atoms with Crippen LogP contribution in [0, 0.1) is 5.82 Å². The van der Waals surface area contributed by atoms with E-state index in [2.05, 4.69) is 9.97 Å². The Morgan fingerprint density at radius 1 is 1.00 bits per heavy atom. The van der Waals surface area contributed by atoms with Crippen molar-refractivity contribution in [2.75, 3.05) is 13.7 Å². The standard InChI is InChI=1S/C26H24FN5O2/c1-34-26(33)31-17-20(10-13-23(31)19-6-3-2-4-7-19)24-16-22(18-8-11-21(27)12-9-18)30-32(24)25-28-14-5-15-29-25/h2-9,11-12,14-16,20,23H,10,13,17H2,1H3/t20-,23+/m1/s1. The van der Waals surface area contributed by atoms with Crippen molar-refractivity contribution in [1.29, 1.82) is 0 Å². The highest BCUT2D eigenvalue weighted by molar-refractivity contribution is 5.68. The van der Waals surface area contributed by atoms with E-state index in [4.69, 9.17) is 9.84 Å². The number of carbonyl (C=O) groups is 1. The molecule has 172 valence electrons. The molecule has 1 fully saturated rings. The molecule has 0 saturated carbocycles. The van der Waals surface area contributed by atoms with Crippen LogP contribution in [0.5, 0.6) is 0 Å². The average Bonchev–Trinajstić information content (AvgIpc) is 3.35. The van der Waals surface area contributed by atoms with Crippen LogP contribution >= 0.6 is 0 Å². The first kappa shape index (κ1) is 21.8. The van der Waals surface area contributed by atoms with E-state index in [9.17, 15) is 9.18 Å². The van der Waals surface area contributed by atoms with Crippen LogP contribution in [0.3, 0.4) is 0 Å². The van der Waals surface area contributed by atoms with Crippen molar-refractivity contribution in [3.05, 3.63) is 96.2 Å². The van der Waals surface area contributed by atoms with E-state index >= 15 is 0 Å². The van der Waals surface area contributed by atoms with Crippen LogP contribution in [0.2, 0.25) is 0 Å². The Kier molecular flexibility index (Phi) is 6.03. The Morgan fingerprint density at radius 2 is 1.74 bits per heavy atom. The van der Waals surface area contributed by atoms with Crippen LogP contribution in [0.25, 0.3) is 17.2 Å². The van der Waals surface area contributed by atoms with Crippen molar-refractivity contribution in [3.63, 3.8) is 0 Å². The third-order valence-electron chi connectivity index (χ3n) is 6.21. The Bertz CT molecular complexity index is 1260. The smallest absolute Gasteiger partial charge is 0.410 e. The van der Waals surface area contributed by atoms with E-state index in [-0.39, 0.29) is 23.9 Å². The van der Waals surface area contributed by atoms with Crippen LogP contribution < -0.4 is 0 Å². The summed E-state index contributed by atoms with van der Waals surface area (Å²) in [6.07, 6.45) is 4.58. The first-order valence-corrected chi connectivity index (χ1v) is 11.2. The molecule has 5 rings (SSSR count). The zero-order chi connectivity index (χ0) is 23.5. The molecule has 3 heterocycles. The molecule has 2 aromatic carbocycles. The number of hydrogen-bond acceptors (Lipinski definition) is 5. The van der Waals surface area contributed by atoms with Gasteiger partial charge in [0, 0.05) is 30.4 Å². The second kappa shape index (κ2) is 9.43. The molecule has 0 spiro atoms. The largest absolute Gasteiger partial charge is 0.453 e. The SMILES string of the molecule is COC(=O)N1C[C@H](c2cc(-c3ccc(F)cc3)nn2-c2ncccn2)CC[C@H]1c1ccccc1. The van der Waals surface area contributed by atoms with Gasteiger partial charge in [-0.2, -0.15) is 5.10 Å². The number of ether oxygens (including phenoxy) is 1. The molecule has 0 unspecified atom stereocenters. The van der Waals surface area contributed by atoms with E-state index in [0.717, 1.165) is 29.7 Å². The van der Waals surface area contributed by atoms with Gasteiger partial charge in [-0.15, -0.1) is 0 Å². The molecular formula is C26H24FN5O2. The molecule has 0 radical (unpaired) electrons. The van der Waals surface area contributed by atoms with Gasteiger partial charge in [0.15, 0.2) is 0 Å². The predicted molar refractivity (Wildman–Crippen MR) is 125 cm³/mol. The molecule has 1 saturated heterocycles. The maximum absolute atomic E-state index is 13.5. The molecule has 0 N–H and O–H groups in total. The van der Waals surface area contributed by atoms with Crippen LogP contribution in [0.4, 0.5) is 9.18 Å². The molecule has 4 aromatic rings. The fourth-order valence-corrected chi connectivity index (χ4v) is 4.56. The Balaban J connectivity index is 1.53. The summed E-state index contributed by atoms with van der Waals surface area (Å²) in [4.78, 5) is 23.3. The minimum Gasteiger partial charge on any atom is -0.453 e. The minimum absolute atomic E-state index is 0.00966. The first-order chi connectivity index (χ1) is 16.6. The van der Waals surface area contributed by atoms with Gasteiger partial charge in [-0.3, -0.25) is 0 Å². The van der Waals surface area contributed by atoms with E-state index in [1.165, 1.54) is 19.2 Å². The monoisotopic (exact) mass is 457 g/mol. The summed E-state index contributed by atoms with van der Waals surface area (Å²) in [5, 5.41) is 4.76. The van der Waals surface area contributed by atoms with Crippen molar-refractivity contribution in [3.8, 4) is 17.2 Å². The van der Waals surface area contributed by atoms with E-state index in [0.29, 0.717) is 18.2 Å². The minimum atomic E-state index is -0.362. The van der Waals surface area contributed by atoms with Gasteiger partial charge in [-0.25, -0.2) is 23.8 Å². The Labute approximate surface area is 196 Å². The lowest BCUT2D eigenvalue weighted by molar-refractivity contribution is 0.0826. The van der Waals surface area contributed by atoms with Gasteiger partial charge in [0.2, 0.25) is 0 Å². The fraction of sp³-hybridized carbons (Fsp3) is 0.231. The number of piperidine rings is 1. The van der Waals surface area contributed by atoms with Crippen LogP contribution in [-0.4, -0.2) is 44.4 Å². The van der Waals surface area contributed by atoms with Crippen LogP contribution in [0.15, 0.2) is 79.1 Å². The van der Waals surface area contributed by atoms with E-state index in [1.54, 1.807) is 40.2 Å². The summed E-state index contributed by atoms with van der Waals surface area (Å²) in [7, 11) is 1.41. The van der Waals surface area contributed by atoms with Crippen LogP contribution in [0.1, 0.15) is 36.1 Å². The second-order valence-corrected chi connectivity index (χ2v) is 8.25. The topological polar surface area (TPSA) is 73.1 Å². The molecule has 0 aliphatic carbocycles. The molecule has 7 nitrogen and oxygen atoms in total. The molecule has 8 heteroatoms.